The summed E-state index contributed by atoms with van der Waals surface area (Å²) in [7, 11) is 1.88. The lowest BCUT2D eigenvalue weighted by molar-refractivity contribution is -0.255. The van der Waals surface area contributed by atoms with Crippen LogP contribution in [-0.2, 0) is 21.0 Å². The number of nitrogens with zero attached hydrogens (tertiary/aromatic N) is 2. The molecule has 1 heterocycles. The largest absolute Gasteiger partial charge is 0.459 e. The summed E-state index contributed by atoms with van der Waals surface area (Å²) in [6.07, 6.45) is 20.9. The Labute approximate surface area is 381 Å². The summed E-state index contributed by atoms with van der Waals surface area (Å²) in [5.74, 6) is 0.115. The molecule has 346 valence electrons. The van der Waals surface area contributed by atoms with E-state index < -0.39 is 17.7 Å². The first-order valence-electron chi connectivity index (χ1n) is 24.1. The molecular formula is C54H72N2O8. The van der Waals surface area contributed by atoms with Crippen molar-refractivity contribution >= 4 is 17.9 Å². The number of allylic oxidation sites excluding steroid dienone is 1. The minimum atomic E-state index is -1.31. The van der Waals surface area contributed by atoms with Gasteiger partial charge in [0.1, 0.15) is 36.2 Å². The highest BCUT2D eigenvalue weighted by Crippen LogP contribution is 2.62. The number of carbonyl (C=O) groups excluding carboxylic acids is 2. The molecule has 3 aromatic rings. The van der Waals surface area contributed by atoms with Crippen LogP contribution in [0.5, 0.6) is 17.2 Å². The Morgan fingerprint density at radius 1 is 0.875 bits per heavy atom. The monoisotopic (exact) mass is 877 g/mol. The van der Waals surface area contributed by atoms with Gasteiger partial charge in [-0.05, 0) is 85.4 Å². The topological polar surface area (TPSA) is 127 Å². The maximum absolute atomic E-state index is 14.5. The number of likely N-dealkylation sites (N-methyl/N-ethyl adjacent to an activating group) is 1. The molecule has 0 bridgehead atoms. The van der Waals surface area contributed by atoms with E-state index in [2.05, 4.69) is 25.6 Å². The molecule has 64 heavy (non-hydrogen) atoms. The van der Waals surface area contributed by atoms with Crippen LogP contribution in [0, 0.1) is 17.8 Å². The number of amides is 1. The van der Waals surface area contributed by atoms with Crippen molar-refractivity contribution in [3.05, 3.63) is 114 Å². The molecule has 1 saturated carbocycles. The quantitative estimate of drug-likeness (QED) is 0.0319. The molecule has 1 fully saturated rings. The first-order valence-corrected chi connectivity index (χ1v) is 24.1. The SMILES string of the molecule is C=CCOC12Oc3ccc(Oc4cccc(C=O)c4)cc3C3C(CCCCO)C(CCCCO)C=C(C(=NOCc4ccccc4)CC1N(C)C(=O)CCCCCCCCCCC)C32. The summed E-state index contributed by atoms with van der Waals surface area (Å²) in [6, 6.07) is 22.4. The maximum Gasteiger partial charge on any atom is 0.239 e. The summed E-state index contributed by atoms with van der Waals surface area (Å²) in [6.45, 7) is 7.00. The van der Waals surface area contributed by atoms with Crippen LogP contribution in [-0.4, -0.2) is 71.7 Å². The molecule has 6 rings (SSSR count). The third-order valence-electron chi connectivity index (χ3n) is 13.5. The van der Waals surface area contributed by atoms with E-state index in [-0.39, 0.29) is 50.1 Å². The summed E-state index contributed by atoms with van der Waals surface area (Å²) < 4.78 is 20.9. The standard InChI is InChI=1S/C54H72N2O8/c1-4-6-7-8-9-10-11-12-16-28-51(60)56(3)50-37-48(55-62-39-40-22-14-13-15-23-40)46-35-42(25-17-19-31-57)45(27-18-20-32-58)52-47-36-44(63-43-26-21-24-41(34-43)38-59)29-30-49(47)64-54(50,53(46)52)61-33-5-2/h5,13-15,21-24,26,29-30,34-36,38,42,45,50,52-53,57-58H,2,4,6-12,16-20,25,27-28,31-33,37,39H2,1,3H3. The Kier molecular flexibility index (Phi) is 19.1. The number of rotatable bonds is 28. The number of hydrogen-bond acceptors (Lipinski definition) is 9. The van der Waals surface area contributed by atoms with Gasteiger partial charge in [0.15, 0.2) is 0 Å². The number of benzene rings is 3. The zero-order valence-corrected chi connectivity index (χ0v) is 38.3. The van der Waals surface area contributed by atoms with Crippen LogP contribution >= 0.6 is 0 Å². The molecule has 0 radical (unpaired) electrons. The van der Waals surface area contributed by atoms with E-state index in [0.717, 1.165) is 73.6 Å². The Hall–Kier alpha value is -4.77. The summed E-state index contributed by atoms with van der Waals surface area (Å²) in [5, 5.41) is 24.8. The molecule has 3 aliphatic rings. The van der Waals surface area contributed by atoms with Crippen LogP contribution < -0.4 is 9.47 Å². The smallest absolute Gasteiger partial charge is 0.239 e. The molecule has 6 unspecified atom stereocenters. The van der Waals surface area contributed by atoms with E-state index in [9.17, 15) is 19.8 Å². The molecule has 0 spiro atoms. The Morgan fingerprint density at radius 2 is 1.59 bits per heavy atom. The summed E-state index contributed by atoms with van der Waals surface area (Å²) in [4.78, 5) is 34.2. The lowest BCUT2D eigenvalue weighted by atomic mass is 9.55. The highest BCUT2D eigenvalue weighted by Gasteiger charge is 2.65. The Balaban J connectivity index is 1.44. The Morgan fingerprint density at radius 3 is 2.31 bits per heavy atom. The minimum Gasteiger partial charge on any atom is -0.459 e. The van der Waals surface area contributed by atoms with Crippen LogP contribution in [0.3, 0.4) is 0 Å². The van der Waals surface area contributed by atoms with Crippen molar-refractivity contribution in [2.75, 3.05) is 26.9 Å². The van der Waals surface area contributed by atoms with Gasteiger partial charge in [-0.2, -0.15) is 0 Å². The lowest BCUT2D eigenvalue weighted by Gasteiger charge is -2.59. The van der Waals surface area contributed by atoms with E-state index in [1.165, 1.54) is 38.5 Å². The van der Waals surface area contributed by atoms with Gasteiger partial charge in [-0.25, -0.2) is 0 Å². The second-order valence-electron chi connectivity index (χ2n) is 17.9. The van der Waals surface area contributed by atoms with Crippen LogP contribution in [0.25, 0.3) is 0 Å². The number of aliphatic hydroxyl groups excluding tert-OH is 2. The molecule has 10 heteroatoms. The van der Waals surface area contributed by atoms with Gasteiger partial charge in [-0.15, -0.1) is 6.58 Å². The maximum atomic E-state index is 14.5. The van der Waals surface area contributed by atoms with E-state index >= 15 is 0 Å². The molecule has 6 atom stereocenters. The number of unbranched alkanes of at least 4 members (excludes halogenated alkanes) is 10. The van der Waals surface area contributed by atoms with Gasteiger partial charge < -0.3 is 34.2 Å². The molecule has 2 N–H and O–H groups in total. The highest BCUT2D eigenvalue weighted by atomic mass is 16.7. The van der Waals surface area contributed by atoms with Crippen molar-refractivity contribution in [2.24, 2.45) is 22.9 Å². The molecule has 3 aromatic carbocycles. The second-order valence-corrected chi connectivity index (χ2v) is 17.9. The summed E-state index contributed by atoms with van der Waals surface area (Å²) >= 11 is 0. The van der Waals surface area contributed by atoms with Crippen LogP contribution in [0.1, 0.15) is 143 Å². The first-order chi connectivity index (χ1) is 31.4. The van der Waals surface area contributed by atoms with E-state index in [0.29, 0.717) is 48.5 Å². The third kappa shape index (κ3) is 12.3. The van der Waals surface area contributed by atoms with Crippen molar-refractivity contribution < 1.29 is 38.9 Å². The van der Waals surface area contributed by atoms with Crippen molar-refractivity contribution in [3.63, 3.8) is 0 Å². The number of hydrogen-bond donors (Lipinski definition) is 2. The van der Waals surface area contributed by atoms with Crippen molar-refractivity contribution in [1.29, 1.82) is 0 Å². The van der Waals surface area contributed by atoms with Gasteiger partial charge in [0.05, 0.1) is 18.2 Å². The third-order valence-corrected chi connectivity index (χ3v) is 13.5. The predicted octanol–water partition coefficient (Wildman–Crippen LogP) is 11.5. The van der Waals surface area contributed by atoms with Gasteiger partial charge in [0, 0.05) is 50.1 Å². The van der Waals surface area contributed by atoms with Crippen molar-refractivity contribution in [3.8, 4) is 17.2 Å². The lowest BCUT2D eigenvalue weighted by Crippen LogP contribution is -2.69. The van der Waals surface area contributed by atoms with E-state index in [1.54, 1.807) is 24.3 Å². The van der Waals surface area contributed by atoms with E-state index in [4.69, 9.17) is 24.2 Å². The number of aliphatic hydroxyl groups is 2. The second kappa shape index (κ2) is 25.1. The summed E-state index contributed by atoms with van der Waals surface area (Å²) in [5.41, 5.74) is 4.24. The number of aldehydes is 1. The van der Waals surface area contributed by atoms with Crippen molar-refractivity contribution in [1.82, 2.24) is 4.90 Å². The molecule has 0 saturated heterocycles. The molecule has 1 aliphatic heterocycles. The average Bonchev–Trinajstić information content (AvgIpc) is 3.31. The van der Waals surface area contributed by atoms with Crippen LogP contribution in [0.2, 0.25) is 0 Å². The van der Waals surface area contributed by atoms with Gasteiger partial charge in [0.2, 0.25) is 11.7 Å². The molecule has 1 amide bonds. The number of carbonyl (C=O) groups is 2. The number of ether oxygens (including phenoxy) is 3. The molecule has 10 nitrogen and oxygen atoms in total. The van der Waals surface area contributed by atoms with Crippen LogP contribution in [0.15, 0.2) is 102 Å². The van der Waals surface area contributed by atoms with Gasteiger partial charge in [-0.3, -0.25) is 9.59 Å². The average molecular weight is 877 g/mol. The predicted molar refractivity (Wildman–Crippen MR) is 253 cm³/mol. The van der Waals surface area contributed by atoms with Gasteiger partial charge in [-0.1, -0.05) is 131 Å². The van der Waals surface area contributed by atoms with Gasteiger partial charge in [0.25, 0.3) is 0 Å². The fraction of sp³-hybridized carbons (Fsp3) is 0.537. The Bertz CT molecular complexity index is 2000. The number of oxime groups is 1. The molecule has 2 aliphatic carbocycles. The normalized spacial score (nSPS) is 22.7. The molecule has 0 aromatic heterocycles. The minimum absolute atomic E-state index is 0.0379. The fourth-order valence-electron chi connectivity index (χ4n) is 10.3. The fourth-order valence-corrected chi connectivity index (χ4v) is 10.3. The number of fused-ring (bicyclic) bond motifs is 2. The van der Waals surface area contributed by atoms with E-state index in [1.807, 2.05) is 60.5 Å². The van der Waals surface area contributed by atoms with Gasteiger partial charge >= 0.3 is 0 Å². The zero-order valence-electron chi connectivity index (χ0n) is 38.3. The highest BCUT2D eigenvalue weighted by molar-refractivity contribution is 6.03. The van der Waals surface area contributed by atoms with Crippen LogP contribution in [0.4, 0.5) is 0 Å². The molecular weight excluding hydrogens is 805 g/mol. The van der Waals surface area contributed by atoms with Crippen molar-refractivity contribution in [2.45, 2.75) is 140 Å². The first kappa shape index (κ1) is 48.7. The zero-order chi connectivity index (χ0) is 45.2.